The van der Waals surface area contributed by atoms with Gasteiger partial charge in [0.15, 0.2) is 0 Å². The number of carbonyl (C=O) groups excluding carboxylic acids is 3. The molecule has 3 aromatic carbocycles. The normalized spacial score (nSPS) is 19.4. The number of benzene rings is 3. The molecule has 9 heteroatoms. The van der Waals surface area contributed by atoms with Gasteiger partial charge in [0.25, 0.3) is 11.8 Å². The number of H-pyrrole nitrogens is 1. The van der Waals surface area contributed by atoms with Crippen LogP contribution in [-0.2, 0) is 16.0 Å². The van der Waals surface area contributed by atoms with Gasteiger partial charge in [0.1, 0.15) is 18.1 Å². The van der Waals surface area contributed by atoms with E-state index in [1.807, 2.05) is 62.4 Å². The van der Waals surface area contributed by atoms with E-state index in [0.717, 1.165) is 38.2 Å². The SMILES string of the molecule is CC[C@H](C)[C@H](NC(=O)c1ccccc1N1C(=O)[C@@H]2Cc3c([nH]c4ccccc34)[C@@H](c3ccc(C)cc3)N2C1=O)C(=O)O. The maximum atomic E-state index is 14.3. The van der Waals surface area contributed by atoms with Crippen molar-refractivity contribution in [3.8, 4) is 0 Å². The zero-order valence-corrected chi connectivity index (χ0v) is 23.6. The number of aryl methyl sites for hydroxylation is 1. The highest BCUT2D eigenvalue weighted by Crippen LogP contribution is 2.45. The lowest BCUT2D eigenvalue weighted by atomic mass is 9.88. The molecule has 1 fully saturated rings. The number of imide groups is 1. The molecule has 0 aliphatic carbocycles. The van der Waals surface area contributed by atoms with E-state index < -0.39 is 41.9 Å². The second kappa shape index (κ2) is 10.5. The number of carboxylic acid groups (broad SMARTS) is 1. The van der Waals surface area contributed by atoms with Crippen LogP contribution >= 0.6 is 0 Å². The van der Waals surface area contributed by atoms with Crippen molar-refractivity contribution in [2.45, 2.75) is 51.7 Å². The second-order valence-corrected chi connectivity index (χ2v) is 11.2. The number of rotatable bonds is 7. The maximum absolute atomic E-state index is 14.3. The summed E-state index contributed by atoms with van der Waals surface area (Å²) in [6, 6.07) is 19.2. The number of aliphatic carboxylic acids is 1. The largest absolute Gasteiger partial charge is 0.480 e. The number of nitrogens with zero attached hydrogens (tertiary/aromatic N) is 2. The number of anilines is 1. The number of fused-ring (bicyclic) bond motifs is 4. The van der Waals surface area contributed by atoms with Gasteiger partial charge in [-0.3, -0.25) is 14.5 Å². The van der Waals surface area contributed by atoms with E-state index in [1.54, 1.807) is 30.0 Å². The van der Waals surface area contributed by atoms with E-state index >= 15 is 0 Å². The van der Waals surface area contributed by atoms with E-state index in [0.29, 0.717) is 12.8 Å². The first-order valence-electron chi connectivity index (χ1n) is 14.2. The average Bonchev–Trinajstić information content (AvgIpc) is 3.48. The molecule has 2 aliphatic rings. The third-order valence-corrected chi connectivity index (χ3v) is 8.60. The summed E-state index contributed by atoms with van der Waals surface area (Å²) >= 11 is 0. The van der Waals surface area contributed by atoms with Crippen molar-refractivity contribution >= 4 is 40.4 Å². The Bertz CT molecular complexity index is 1730. The van der Waals surface area contributed by atoms with Gasteiger partial charge in [-0.1, -0.05) is 80.4 Å². The molecule has 0 saturated carbocycles. The lowest BCUT2D eigenvalue weighted by Crippen LogP contribution is -2.45. The van der Waals surface area contributed by atoms with E-state index in [2.05, 4.69) is 10.3 Å². The summed E-state index contributed by atoms with van der Waals surface area (Å²) in [5.41, 5.74) is 4.92. The van der Waals surface area contributed by atoms with Crippen molar-refractivity contribution in [2.75, 3.05) is 4.90 Å². The molecule has 4 amide bonds. The average molecular weight is 565 g/mol. The van der Waals surface area contributed by atoms with E-state index in [4.69, 9.17) is 0 Å². The molecule has 0 unspecified atom stereocenters. The minimum Gasteiger partial charge on any atom is -0.480 e. The van der Waals surface area contributed by atoms with E-state index in [1.165, 1.54) is 6.07 Å². The number of carboxylic acids is 1. The summed E-state index contributed by atoms with van der Waals surface area (Å²) in [6.07, 6.45) is 0.875. The van der Waals surface area contributed by atoms with Crippen LogP contribution < -0.4 is 10.2 Å². The maximum Gasteiger partial charge on any atom is 0.332 e. The second-order valence-electron chi connectivity index (χ2n) is 11.2. The van der Waals surface area contributed by atoms with Crippen molar-refractivity contribution in [2.24, 2.45) is 5.92 Å². The fraction of sp³-hybridized carbons (Fsp3) is 0.273. The molecule has 0 spiro atoms. The Morgan fingerprint density at radius 2 is 1.71 bits per heavy atom. The number of hydrogen-bond acceptors (Lipinski definition) is 4. The minimum atomic E-state index is -1.14. The predicted octanol–water partition coefficient (Wildman–Crippen LogP) is 5.19. The Balaban J connectivity index is 1.43. The quantitative estimate of drug-likeness (QED) is 0.267. The Morgan fingerprint density at radius 1 is 1.02 bits per heavy atom. The van der Waals surface area contributed by atoms with Crippen LogP contribution in [0.25, 0.3) is 10.9 Å². The predicted molar refractivity (Wildman–Crippen MR) is 158 cm³/mol. The Labute approximate surface area is 243 Å². The molecule has 0 bridgehead atoms. The van der Waals surface area contributed by atoms with Crippen LogP contribution in [0, 0.1) is 12.8 Å². The van der Waals surface area contributed by atoms with Gasteiger partial charge in [-0.15, -0.1) is 0 Å². The molecule has 214 valence electrons. The number of amides is 4. The highest BCUT2D eigenvalue weighted by atomic mass is 16.4. The van der Waals surface area contributed by atoms with Crippen LogP contribution in [0.4, 0.5) is 10.5 Å². The number of aromatic amines is 1. The zero-order valence-electron chi connectivity index (χ0n) is 23.6. The molecule has 42 heavy (non-hydrogen) atoms. The van der Waals surface area contributed by atoms with E-state index in [-0.39, 0.29) is 17.2 Å². The molecule has 2 aliphatic heterocycles. The van der Waals surface area contributed by atoms with Crippen molar-refractivity contribution < 1.29 is 24.3 Å². The summed E-state index contributed by atoms with van der Waals surface area (Å²) < 4.78 is 0. The van der Waals surface area contributed by atoms with Gasteiger partial charge in [0, 0.05) is 23.0 Å². The van der Waals surface area contributed by atoms with Gasteiger partial charge in [-0.05, 0) is 42.2 Å². The van der Waals surface area contributed by atoms with Gasteiger partial charge >= 0.3 is 12.0 Å². The van der Waals surface area contributed by atoms with Crippen LogP contribution in [0.2, 0.25) is 0 Å². The number of nitrogens with one attached hydrogen (secondary N) is 2. The topological polar surface area (TPSA) is 123 Å². The first-order chi connectivity index (χ1) is 20.2. The van der Waals surface area contributed by atoms with Crippen molar-refractivity contribution in [1.82, 2.24) is 15.2 Å². The van der Waals surface area contributed by atoms with Gasteiger partial charge < -0.3 is 15.4 Å². The van der Waals surface area contributed by atoms with Crippen LogP contribution in [0.1, 0.15) is 59.1 Å². The van der Waals surface area contributed by atoms with Crippen LogP contribution in [0.3, 0.4) is 0 Å². The van der Waals surface area contributed by atoms with Crippen LogP contribution in [-0.4, -0.2) is 50.9 Å². The lowest BCUT2D eigenvalue weighted by molar-refractivity contribution is -0.140. The molecule has 6 rings (SSSR count). The smallest absolute Gasteiger partial charge is 0.332 e. The number of para-hydroxylation sites is 2. The van der Waals surface area contributed by atoms with E-state index in [9.17, 15) is 24.3 Å². The summed E-state index contributed by atoms with van der Waals surface area (Å²) in [5, 5.41) is 13.3. The van der Waals surface area contributed by atoms with Crippen LogP contribution in [0.15, 0.2) is 72.8 Å². The molecule has 1 saturated heterocycles. The Hall–Kier alpha value is -4.92. The number of urea groups is 1. The molecular weight excluding hydrogens is 532 g/mol. The molecule has 0 radical (unpaired) electrons. The zero-order chi connectivity index (χ0) is 29.7. The molecule has 4 aromatic rings. The van der Waals surface area contributed by atoms with Gasteiger partial charge in [0.2, 0.25) is 0 Å². The summed E-state index contributed by atoms with van der Waals surface area (Å²) in [4.78, 5) is 60.0. The number of aromatic nitrogens is 1. The Morgan fingerprint density at radius 3 is 2.43 bits per heavy atom. The van der Waals surface area contributed by atoms with Gasteiger partial charge in [0.05, 0.1) is 11.3 Å². The standard InChI is InChI=1S/C33H32N4O5/c1-4-19(3)27(32(40)41)35-30(38)22-10-6-8-12-25(22)37-31(39)26-17-23-21-9-5-7-11-24(21)34-28(23)29(36(26)33(37)42)20-15-13-18(2)14-16-20/h5-16,19,26-27,29,34H,4,17H2,1-3H3,(H,35,38)(H,40,41)/t19-,26-,27-,29+/m0/s1. The number of carbonyl (C=O) groups is 4. The monoisotopic (exact) mass is 564 g/mol. The first kappa shape index (κ1) is 27.3. The summed E-state index contributed by atoms with van der Waals surface area (Å²) in [6.45, 7) is 5.59. The molecule has 1 aromatic heterocycles. The van der Waals surface area contributed by atoms with Crippen molar-refractivity contribution in [3.05, 3.63) is 101 Å². The third kappa shape index (κ3) is 4.32. The molecule has 9 nitrogen and oxygen atoms in total. The summed E-state index contributed by atoms with van der Waals surface area (Å²) in [7, 11) is 0. The highest BCUT2D eigenvalue weighted by Gasteiger charge is 2.53. The lowest BCUT2D eigenvalue weighted by Gasteiger charge is -2.36. The number of hydrogen-bond donors (Lipinski definition) is 3. The fourth-order valence-corrected chi connectivity index (χ4v) is 6.15. The molecule has 4 atom stereocenters. The molecule has 3 N–H and O–H groups in total. The Kier molecular flexibility index (Phi) is 6.80. The molecular formula is C33H32N4O5. The van der Waals surface area contributed by atoms with Gasteiger partial charge in [-0.2, -0.15) is 0 Å². The third-order valence-electron chi connectivity index (χ3n) is 8.60. The van der Waals surface area contributed by atoms with Crippen molar-refractivity contribution in [3.63, 3.8) is 0 Å². The summed E-state index contributed by atoms with van der Waals surface area (Å²) in [5.74, 6) is -2.54. The fourth-order valence-electron chi connectivity index (χ4n) is 6.15. The van der Waals surface area contributed by atoms with Crippen molar-refractivity contribution in [1.29, 1.82) is 0 Å². The first-order valence-corrected chi connectivity index (χ1v) is 14.2. The molecule has 3 heterocycles. The van der Waals surface area contributed by atoms with Gasteiger partial charge in [-0.25, -0.2) is 14.5 Å². The highest BCUT2D eigenvalue weighted by molar-refractivity contribution is 6.24. The minimum absolute atomic E-state index is 0.0597. The van der Waals surface area contributed by atoms with Crippen LogP contribution in [0.5, 0.6) is 0 Å².